The van der Waals surface area contributed by atoms with E-state index < -0.39 is 5.91 Å². The molecule has 0 aliphatic heterocycles. The third-order valence-electron chi connectivity index (χ3n) is 3.66. The number of ether oxygens (including phenoxy) is 2. The number of fused-ring (bicyclic) bond motifs is 1. The molecule has 1 N–H and O–H groups in total. The van der Waals surface area contributed by atoms with Gasteiger partial charge in [0.1, 0.15) is 12.2 Å². The highest BCUT2D eigenvalue weighted by atomic mass is 79.9. The Bertz CT molecular complexity index is 1070. The second-order valence-electron chi connectivity index (χ2n) is 5.62. The Morgan fingerprint density at radius 2 is 2.11 bits per heavy atom. The van der Waals surface area contributed by atoms with Crippen LogP contribution in [0.1, 0.15) is 23.0 Å². The number of hydrogen-bond acceptors (Lipinski definition) is 5. The molecule has 3 rings (SSSR count). The third-order valence-corrected chi connectivity index (χ3v) is 4.15. The Hall–Kier alpha value is -3.24. The van der Waals surface area contributed by atoms with Crippen LogP contribution in [0.25, 0.3) is 11.0 Å². The van der Waals surface area contributed by atoms with Gasteiger partial charge in [0.05, 0.1) is 12.8 Å². The molecule has 0 unspecified atom stereocenters. The number of rotatable bonds is 7. The number of halogens is 1. The summed E-state index contributed by atoms with van der Waals surface area (Å²) < 4.78 is 17.4. The molecule has 0 fully saturated rings. The Morgan fingerprint density at radius 3 is 2.89 bits per heavy atom. The Morgan fingerprint density at radius 1 is 1.25 bits per heavy atom. The zero-order chi connectivity index (χ0) is 19.9. The smallest absolute Gasteiger partial charge is 0.307 e. The number of carbonyl (C=O) groups excluding carboxylic acids is 1. The van der Waals surface area contributed by atoms with Gasteiger partial charge in [-0.3, -0.25) is 4.79 Å². The van der Waals surface area contributed by atoms with Gasteiger partial charge in [-0.25, -0.2) is 5.43 Å². The molecule has 1 amide bonds. The van der Waals surface area contributed by atoms with Crippen LogP contribution < -0.4 is 14.9 Å². The molecule has 28 heavy (non-hydrogen) atoms. The number of hydrazone groups is 1. The van der Waals surface area contributed by atoms with Crippen LogP contribution in [0.5, 0.6) is 11.5 Å². The predicted molar refractivity (Wildman–Crippen MR) is 111 cm³/mol. The maximum atomic E-state index is 12.2. The first-order valence-electron chi connectivity index (χ1n) is 8.46. The minimum Gasteiger partial charge on any atom is -0.490 e. The van der Waals surface area contributed by atoms with E-state index in [4.69, 9.17) is 20.3 Å². The number of terminal acetylenes is 1. The SMILES string of the molecule is C#CCOc1ccc(/C=N/NC(=O)c2cc3cc(Br)ccc3o2)cc1OCC. The van der Waals surface area contributed by atoms with Gasteiger partial charge in [-0.2, -0.15) is 5.10 Å². The average Bonchev–Trinajstić information content (AvgIpc) is 3.11. The molecule has 0 saturated heterocycles. The van der Waals surface area contributed by atoms with Crippen LogP contribution >= 0.6 is 15.9 Å². The fourth-order valence-electron chi connectivity index (χ4n) is 2.46. The standard InChI is InChI=1S/C21H17BrN2O4/c1-3-9-27-18-7-5-14(10-19(18)26-4-2)13-23-24-21(25)20-12-15-11-16(22)6-8-17(15)28-20/h1,5-8,10-13H,4,9H2,2H3,(H,24,25)/b23-13+. The Kier molecular flexibility index (Phi) is 6.35. The first kappa shape index (κ1) is 19.5. The monoisotopic (exact) mass is 440 g/mol. The van der Waals surface area contributed by atoms with E-state index in [1.165, 1.54) is 6.21 Å². The van der Waals surface area contributed by atoms with Gasteiger partial charge in [-0.05, 0) is 55.0 Å². The zero-order valence-electron chi connectivity index (χ0n) is 15.1. The fourth-order valence-corrected chi connectivity index (χ4v) is 2.84. The lowest BCUT2D eigenvalue weighted by Crippen LogP contribution is -2.16. The summed E-state index contributed by atoms with van der Waals surface area (Å²) >= 11 is 3.39. The van der Waals surface area contributed by atoms with Crippen molar-refractivity contribution in [2.24, 2.45) is 5.10 Å². The van der Waals surface area contributed by atoms with E-state index >= 15 is 0 Å². The van der Waals surface area contributed by atoms with Gasteiger partial charge >= 0.3 is 5.91 Å². The Balaban J connectivity index is 1.69. The lowest BCUT2D eigenvalue weighted by atomic mass is 10.2. The summed E-state index contributed by atoms with van der Waals surface area (Å²) in [6, 6.07) is 12.4. The highest BCUT2D eigenvalue weighted by molar-refractivity contribution is 9.10. The molecule has 7 heteroatoms. The number of hydrogen-bond donors (Lipinski definition) is 1. The van der Waals surface area contributed by atoms with Gasteiger partial charge in [-0.15, -0.1) is 6.42 Å². The Labute approximate surface area is 170 Å². The molecule has 6 nitrogen and oxygen atoms in total. The van der Waals surface area contributed by atoms with E-state index in [2.05, 4.69) is 32.4 Å². The van der Waals surface area contributed by atoms with Gasteiger partial charge in [0.25, 0.3) is 0 Å². The lowest BCUT2D eigenvalue weighted by molar-refractivity contribution is 0.0929. The van der Waals surface area contributed by atoms with Crippen molar-refractivity contribution in [1.29, 1.82) is 0 Å². The minimum absolute atomic E-state index is 0.150. The normalized spacial score (nSPS) is 10.8. The molecule has 2 aromatic carbocycles. The van der Waals surface area contributed by atoms with E-state index in [-0.39, 0.29) is 12.4 Å². The van der Waals surface area contributed by atoms with Crippen molar-refractivity contribution in [2.75, 3.05) is 13.2 Å². The van der Waals surface area contributed by atoms with Crippen LogP contribution in [-0.2, 0) is 0 Å². The van der Waals surface area contributed by atoms with Gasteiger partial charge in [0.2, 0.25) is 0 Å². The maximum absolute atomic E-state index is 12.2. The summed E-state index contributed by atoms with van der Waals surface area (Å²) in [6.45, 7) is 2.50. The molecule has 0 radical (unpaired) electrons. The van der Waals surface area contributed by atoms with Crippen molar-refractivity contribution in [2.45, 2.75) is 6.92 Å². The first-order chi connectivity index (χ1) is 13.6. The van der Waals surface area contributed by atoms with Gasteiger partial charge < -0.3 is 13.9 Å². The van der Waals surface area contributed by atoms with Gasteiger partial charge in [0.15, 0.2) is 17.3 Å². The topological polar surface area (TPSA) is 73.1 Å². The summed E-state index contributed by atoms with van der Waals surface area (Å²) in [5.74, 6) is 3.25. The second-order valence-corrected chi connectivity index (χ2v) is 6.54. The number of furan rings is 1. The highest BCUT2D eigenvalue weighted by Crippen LogP contribution is 2.28. The van der Waals surface area contributed by atoms with E-state index in [0.29, 0.717) is 23.7 Å². The van der Waals surface area contributed by atoms with Crippen molar-refractivity contribution in [1.82, 2.24) is 5.43 Å². The molecular formula is C21H17BrN2O4. The van der Waals surface area contributed by atoms with Gasteiger partial charge in [-0.1, -0.05) is 21.9 Å². The summed E-state index contributed by atoms with van der Waals surface area (Å²) in [4.78, 5) is 12.2. The molecule has 1 heterocycles. The maximum Gasteiger partial charge on any atom is 0.307 e. The third kappa shape index (κ3) is 4.72. The highest BCUT2D eigenvalue weighted by Gasteiger charge is 2.12. The van der Waals surface area contributed by atoms with Crippen molar-refractivity contribution in [3.8, 4) is 23.8 Å². The van der Waals surface area contributed by atoms with Crippen molar-refractivity contribution in [3.05, 3.63) is 58.3 Å². The minimum atomic E-state index is -0.442. The number of nitrogens with one attached hydrogen (secondary N) is 1. The van der Waals surface area contributed by atoms with Crippen molar-refractivity contribution < 1.29 is 18.7 Å². The summed E-state index contributed by atoms with van der Waals surface area (Å²) in [5, 5.41) is 4.80. The second kappa shape index (κ2) is 9.11. The molecular weight excluding hydrogens is 424 g/mol. The lowest BCUT2D eigenvalue weighted by Gasteiger charge is -2.10. The van der Waals surface area contributed by atoms with Crippen LogP contribution in [0.2, 0.25) is 0 Å². The van der Waals surface area contributed by atoms with Crippen LogP contribution in [0.3, 0.4) is 0 Å². The number of amides is 1. The van der Waals surface area contributed by atoms with E-state index in [0.717, 1.165) is 15.4 Å². The fraction of sp³-hybridized carbons (Fsp3) is 0.143. The molecule has 0 bridgehead atoms. The van der Waals surface area contributed by atoms with Crippen LogP contribution in [0.15, 0.2) is 56.5 Å². The van der Waals surface area contributed by atoms with Crippen LogP contribution in [0, 0.1) is 12.3 Å². The summed E-state index contributed by atoms with van der Waals surface area (Å²) in [7, 11) is 0. The quantitative estimate of drug-likeness (QED) is 0.336. The first-order valence-corrected chi connectivity index (χ1v) is 9.25. The average molecular weight is 441 g/mol. The van der Waals surface area contributed by atoms with E-state index in [1.54, 1.807) is 30.3 Å². The number of benzene rings is 2. The molecule has 0 spiro atoms. The predicted octanol–water partition coefficient (Wildman–Crippen LogP) is 4.37. The van der Waals surface area contributed by atoms with Crippen LogP contribution in [-0.4, -0.2) is 25.3 Å². The summed E-state index contributed by atoms with van der Waals surface area (Å²) in [6.07, 6.45) is 6.72. The molecule has 1 aromatic heterocycles. The van der Waals surface area contributed by atoms with Crippen molar-refractivity contribution in [3.63, 3.8) is 0 Å². The molecule has 3 aromatic rings. The molecule has 142 valence electrons. The largest absolute Gasteiger partial charge is 0.490 e. The van der Waals surface area contributed by atoms with E-state index in [9.17, 15) is 4.79 Å². The number of nitrogens with zero attached hydrogens (tertiary/aromatic N) is 1. The zero-order valence-corrected chi connectivity index (χ0v) is 16.7. The van der Waals surface area contributed by atoms with Crippen LogP contribution in [0.4, 0.5) is 0 Å². The molecule has 0 aliphatic carbocycles. The van der Waals surface area contributed by atoms with E-state index in [1.807, 2.05) is 19.1 Å². The summed E-state index contributed by atoms with van der Waals surface area (Å²) in [5.41, 5.74) is 3.80. The van der Waals surface area contributed by atoms with Gasteiger partial charge in [0, 0.05) is 9.86 Å². The molecule has 0 saturated carbocycles. The molecule has 0 aliphatic rings. The van der Waals surface area contributed by atoms with Crippen molar-refractivity contribution >= 4 is 39.0 Å². The molecule has 0 atom stereocenters. The number of carbonyl (C=O) groups is 1.